The number of carbonyl (C=O) groups excluding carboxylic acids is 2. The lowest BCUT2D eigenvalue weighted by atomic mass is 10.1. The molecular formula is C24H23N3O3S. The summed E-state index contributed by atoms with van der Waals surface area (Å²) in [6.07, 6.45) is 0.735. The van der Waals surface area contributed by atoms with Gasteiger partial charge in [0.1, 0.15) is 5.75 Å². The Morgan fingerprint density at radius 3 is 2.26 bits per heavy atom. The van der Waals surface area contributed by atoms with Gasteiger partial charge in [-0.25, -0.2) is 0 Å². The molecular weight excluding hydrogens is 410 g/mol. The molecule has 0 radical (unpaired) electrons. The Bertz CT molecular complexity index is 1050. The van der Waals surface area contributed by atoms with Crippen molar-refractivity contribution >= 4 is 34.8 Å². The van der Waals surface area contributed by atoms with E-state index < -0.39 is 0 Å². The summed E-state index contributed by atoms with van der Waals surface area (Å²) >= 11 is 5.26. The molecule has 0 saturated heterocycles. The van der Waals surface area contributed by atoms with Gasteiger partial charge in [-0.1, -0.05) is 42.5 Å². The second kappa shape index (κ2) is 10.9. The lowest BCUT2D eigenvalue weighted by Gasteiger charge is -2.14. The predicted octanol–water partition coefficient (Wildman–Crippen LogP) is 3.79. The molecule has 31 heavy (non-hydrogen) atoms. The van der Waals surface area contributed by atoms with Crippen LogP contribution in [0.2, 0.25) is 0 Å². The summed E-state index contributed by atoms with van der Waals surface area (Å²) in [5, 5.41) is 8.58. The van der Waals surface area contributed by atoms with Gasteiger partial charge >= 0.3 is 0 Å². The zero-order chi connectivity index (χ0) is 22.1. The summed E-state index contributed by atoms with van der Waals surface area (Å²) in [5.41, 5.74) is 2.55. The van der Waals surface area contributed by atoms with Gasteiger partial charge in [-0.15, -0.1) is 0 Å². The number of hydrogen-bond donors (Lipinski definition) is 3. The first-order chi connectivity index (χ1) is 15.1. The number of benzene rings is 3. The van der Waals surface area contributed by atoms with Crippen LogP contribution in [0.15, 0.2) is 78.9 Å². The van der Waals surface area contributed by atoms with Crippen LogP contribution in [-0.4, -0.2) is 30.6 Å². The van der Waals surface area contributed by atoms with Crippen LogP contribution in [0.25, 0.3) is 0 Å². The van der Waals surface area contributed by atoms with Crippen LogP contribution in [-0.2, 0) is 6.42 Å². The molecule has 0 aromatic heterocycles. The highest BCUT2D eigenvalue weighted by Crippen LogP contribution is 2.15. The molecule has 7 heteroatoms. The molecule has 0 fully saturated rings. The zero-order valence-corrected chi connectivity index (χ0v) is 17.9. The van der Waals surface area contributed by atoms with Crippen molar-refractivity contribution in [3.63, 3.8) is 0 Å². The molecule has 0 aliphatic rings. The molecule has 0 aliphatic carbocycles. The van der Waals surface area contributed by atoms with E-state index in [0.29, 0.717) is 29.1 Å². The van der Waals surface area contributed by atoms with Crippen LogP contribution < -0.4 is 20.7 Å². The summed E-state index contributed by atoms with van der Waals surface area (Å²) in [7, 11) is 1.56. The normalized spacial score (nSPS) is 10.1. The first-order valence-electron chi connectivity index (χ1n) is 9.74. The quantitative estimate of drug-likeness (QED) is 0.494. The van der Waals surface area contributed by atoms with Gasteiger partial charge in [0, 0.05) is 12.1 Å². The minimum Gasteiger partial charge on any atom is -0.497 e. The lowest BCUT2D eigenvalue weighted by molar-refractivity contribution is 0.0953. The number of thiocarbonyl (C=S) groups is 1. The van der Waals surface area contributed by atoms with Crippen molar-refractivity contribution in [3.8, 4) is 5.75 Å². The first kappa shape index (κ1) is 22.0. The van der Waals surface area contributed by atoms with Gasteiger partial charge in [0.2, 0.25) is 0 Å². The highest BCUT2D eigenvalue weighted by molar-refractivity contribution is 7.80. The second-order valence-electron chi connectivity index (χ2n) is 6.67. The predicted molar refractivity (Wildman–Crippen MR) is 126 cm³/mol. The molecule has 0 spiro atoms. The number of para-hydroxylation sites is 1. The summed E-state index contributed by atoms with van der Waals surface area (Å²) in [6.45, 7) is 0.510. The van der Waals surface area contributed by atoms with E-state index in [-0.39, 0.29) is 16.9 Å². The van der Waals surface area contributed by atoms with E-state index in [1.165, 1.54) is 0 Å². The fourth-order valence-corrected chi connectivity index (χ4v) is 3.12. The van der Waals surface area contributed by atoms with E-state index in [9.17, 15) is 9.59 Å². The minimum atomic E-state index is -0.357. The average molecular weight is 434 g/mol. The van der Waals surface area contributed by atoms with E-state index in [4.69, 9.17) is 17.0 Å². The molecule has 3 aromatic carbocycles. The number of methoxy groups -OCH3 is 1. The Balaban J connectivity index is 1.58. The third kappa shape index (κ3) is 6.38. The van der Waals surface area contributed by atoms with E-state index in [2.05, 4.69) is 16.0 Å². The first-order valence-corrected chi connectivity index (χ1v) is 10.1. The molecule has 0 saturated carbocycles. The standard InChI is InChI=1S/C24H23N3O3S/c1-30-19-13-11-18(12-14-19)22(28)27-24(31)26-21-10-6-5-9-20(21)23(29)25-16-15-17-7-3-2-4-8-17/h2-14H,15-16H2,1H3,(H,25,29)(H2,26,27,28,31). The van der Waals surface area contributed by atoms with E-state index >= 15 is 0 Å². The molecule has 3 N–H and O–H groups in total. The lowest BCUT2D eigenvalue weighted by Crippen LogP contribution is -2.35. The largest absolute Gasteiger partial charge is 0.497 e. The van der Waals surface area contributed by atoms with Gasteiger partial charge < -0.3 is 15.4 Å². The Kier molecular flexibility index (Phi) is 7.73. The van der Waals surface area contributed by atoms with Crippen LogP contribution in [0.3, 0.4) is 0 Å². The van der Waals surface area contributed by atoms with E-state index in [0.717, 1.165) is 12.0 Å². The molecule has 3 rings (SSSR count). The molecule has 0 atom stereocenters. The maximum atomic E-state index is 12.6. The number of ether oxygens (including phenoxy) is 1. The van der Waals surface area contributed by atoms with Crippen LogP contribution in [0, 0.1) is 0 Å². The van der Waals surface area contributed by atoms with Crippen molar-refractivity contribution < 1.29 is 14.3 Å². The minimum absolute atomic E-state index is 0.102. The fourth-order valence-electron chi connectivity index (χ4n) is 2.92. The van der Waals surface area contributed by atoms with E-state index in [1.807, 2.05) is 30.3 Å². The van der Waals surface area contributed by atoms with Crippen molar-refractivity contribution in [2.24, 2.45) is 0 Å². The maximum absolute atomic E-state index is 12.6. The van der Waals surface area contributed by atoms with Crippen LogP contribution in [0.4, 0.5) is 5.69 Å². The van der Waals surface area contributed by atoms with Gasteiger partial charge in [0.15, 0.2) is 5.11 Å². The number of carbonyl (C=O) groups is 2. The van der Waals surface area contributed by atoms with Gasteiger partial charge in [-0.05, 0) is 60.6 Å². The van der Waals surface area contributed by atoms with Crippen LogP contribution in [0.5, 0.6) is 5.75 Å². The highest BCUT2D eigenvalue weighted by Gasteiger charge is 2.13. The van der Waals surface area contributed by atoms with Gasteiger partial charge in [0.25, 0.3) is 11.8 Å². The monoisotopic (exact) mass is 433 g/mol. The van der Waals surface area contributed by atoms with Crippen LogP contribution >= 0.6 is 12.2 Å². The van der Waals surface area contributed by atoms with Gasteiger partial charge in [-0.2, -0.15) is 0 Å². The number of rotatable bonds is 7. The second-order valence-corrected chi connectivity index (χ2v) is 7.08. The molecule has 0 heterocycles. The molecule has 6 nitrogen and oxygen atoms in total. The molecule has 3 aromatic rings. The highest BCUT2D eigenvalue weighted by atomic mass is 32.1. The van der Waals surface area contributed by atoms with E-state index in [1.54, 1.807) is 55.6 Å². The molecule has 0 unspecified atom stereocenters. The summed E-state index contributed by atoms with van der Waals surface area (Å²) in [6, 6.07) is 23.6. The molecule has 0 aliphatic heterocycles. The third-order valence-electron chi connectivity index (χ3n) is 4.54. The Morgan fingerprint density at radius 1 is 0.871 bits per heavy atom. The number of amides is 2. The third-order valence-corrected chi connectivity index (χ3v) is 4.75. The van der Waals surface area contributed by atoms with Gasteiger partial charge in [0.05, 0.1) is 18.4 Å². The number of hydrogen-bond acceptors (Lipinski definition) is 4. The van der Waals surface area contributed by atoms with Crippen molar-refractivity contribution in [2.75, 3.05) is 19.0 Å². The topological polar surface area (TPSA) is 79.5 Å². The van der Waals surface area contributed by atoms with Crippen molar-refractivity contribution in [2.45, 2.75) is 6.42 Å². The maximum Gasteiger partial charge on any atom is 0.257 e. The molecule has 158 valence electrons. The van der Waals surface area contributed by atoms with Gasteiger partial charge in [-0.3, -0.25) is 14.9 Å². The molecule has 2 amide bonds. The molecule has 0 bridgehead atoms. The van der Waals surface area contributed by atoms with Crippen molar-refractivity contribution in [3.05, 3.63) is 95.6 Å². The number of nitrogens with one attached hydrogen (secondary N) is 3. The summed E-state index contributed by atoms with van der Waals surface area (Å²) in [4.78, 5) is 25.0. The number of anilines is 1. The Hall–Kier alpha value is -3.71. The van der Waals surface area contributed by atoms with Crippen LogP contribution in [0.1, 0.15) is 26.3 Å². The zero-order valence-electron chi connectivity index (χ0n) is 17.1. The van der Waals surface area contributed by atoms with Crippen molar-refractivity contribution in [1.82, 2.24) is 10.6 Å². The smallest absolute Gasteiger partial charge is 0.257 e. The Morgan fingerprint density at radius 2 is 1.55 bits per heavy atom. The SMILES string of the molecule is COc1ccc(C(=O)NC(=S)Nc2ccccc2C(=O)NCCc2ccccc2)cc1. The summed E-state index contributed by atoms with van der Waals surface area (Å²) in [5.74, 6) is 0.0812. The van der Waals surface area contributed by atoms with Crippen molar-refractivity contribution in [1.29, 1.82) is 0 Å². The fraction of sp³-hybridized carbons (Fsp3) is 0.125. The summed E-state index contributed by atoms with van der Waals surface area (Å²) < 4.78 is 5.09. The average Bonchev–Trinajstić information content (AvgIpc) is 2.80. The Labute approximate surface area is 186 Å².